The predicted octanol–water partition coefficient (Wildman–Crippen LogP) is 0.0578. The second kappa shape index (κ2) is 1.82. The summed E-state index contributed by atoms with van der Waals surface area (Å²) in [6.45, 7) is 2.98. The summed E-state index contributed by atoms with van der Waals surface area (Å²) in [7, 11) is 1.51. The van der Waals surface area contributed by atoms with E-state index >= 15 is 0 Å². The highest BCUT2D eigenvalue weighted by Gasteiger charge is 2.06. The predicted molar refractivity (Wildman–Crippen MR) is 23.6 cm³/mol. The van der Waals surface area contributed by atoms with E-state index in [0.29, 0.717) is 12.6 Å². The van der Waals surface area contributed by atoms with Crippen molar-refractivity contribution in [1.82, 2.24) is 0 Å². The first kappa shape index (κ1) is 4.43. The van der Waals surface area contributed by atoms with Gasteiger partial charge in [-0.05, 0) is 0 Å². The van der Waals surface area contributed by atoms with Crippen molar-refractivity contribution in [3.63, 3.8) is 0 Å². The van der Waals surface area contributed by atoms with Crippen LogP contribution in [-0.4, -0.2) is 19.7 Å². The number of hydrogen-bond acceptors (Lipinski definition) is 3. The Morgan fingerprint density at radius 2 is 2.86 bits per heavy atom. The number of rotatable bonds is 0. The Balaban J connectivity index is 2.36. The summed E-state index contributed by atoms with van der Waals surface area (Å²) in [6, 6.07) is 0. The Labute approximate surface area is 42.0 Å². The molecule has 0 saturated carbocycles. The molecule has 0 saturated heterocycles. The Kier molecular flexibility index (Phi) is 1.15. The van der Waals surface area contributed by atoms with Crippen molar-refractivity contribution in [2.45, 2.75) is 0 Å². The molecule has 0 unspecified atom stereocenters. The highest BCUT2D eigenvalue weighted by atomic mass is 16.7. The van der Waals surface area contributed by atoms with Crippen LogP contribution in [0.15, 0.2) is 4.99 Å². The Morgan fingerprint density at radius 3 is 3.14 bits per heavy atom. The maximum absolute atomic E-state index is 4.58. The van der Waals surface area contributed by atoms with Gasteiger partial charge in [0, 0.05) is 0 Å². The van der Waals surface area contributed by atoms with E-state index in [4.69, 9.17) is 0 Å². The van der Waals surface area contributed by atoms with Crippen molar-refractivity contribution in [2.24, 2.45) is 4.99 Å². The summed E-state index contributed by atoms with van der Waals surface area (Å²) in [5.41, 5.74) is 0. The van der Waals surface area contributed by atoms with Gasteiger partial charge in [-0.15, -0.1) is 0 Å². The highest BCUT2D eigenvalue weighted by Crippen LogP contribution is 1.96. The molecule has 0 fully saturated rings. The lowest BCUT2D eigenvalue weighted by molar-refractivity contribution is 0.263. The zero-order valence-corrected chi connectivity index (χ0v) is 3.97. The van der Waals surface area contributed by atoms with Gasteiger partial charge in [-0.25, -0.2) is 4.99 Å². The molecule has 1 aliphatic heterocycles. The molecule has 0 aromatic heterocycles. The number of methoxy groups -OCH3 is 1. The molecule has 0 aromatic carbocycles. The van der Waals surface area contributed by atoms with Crippen LogP contribution in [-0.2, 0) is 9.47 Å². The van der Waals surface area contributed by atoms with Crippen LogP contribution in [0.1, 0.15) is 0 Å². The van der Waals surface area contributed by atoms with Gasteiger partial charge in [0.1, 0.15) is 0 Å². The zero-order valence-electron chi connectivity index (χ0n) is 3.97. The molecule has 3 heteroatoms. The van der Waals surface area contributed by atoms with E-state index in [2.05, 4.69) is 21.1 Å². The van der Waals surface area contributed by atoms with E-state index in [1.165, 1.54) is 7.11 Å². The minimum Gasteiger partial charge on any atom is -0.454 e. The van der Waals surface area contributed by atoms with Gasteiger partial charge in [-0.2, -0.15) is 0 Å². The van der Waals surface area contributed by atoms with Crippen LogP contribution in [0.3, 0.4) is 0 Å². The maximum atomic E-state index is 4.58. The maximum Gasteiger partial charge on any atom is 0.384 e. The van der Waals surface area contributed by atoms with Crippen LogP contribution < -0.4 is 0 Å². The Morgan fingerprint density at radius 1 is 2.00 bits per heavy atom. The monoisotopic (exact) mass is 99.0 g/mol. The van der Waals surface area contributed by atoms with Crippen molar-refractivity contribution in [3.05, 3.63) is 6.61 Å². The molecule has 0 atom stereocenters. The third kappa shape index (κ3) is 0.824. The summed E-state index contributed by atoms with van der Waals surface area (Å²) in [4.78, 5) is 3.72. The molecule has 7 heavy (non-hydrogen) atoms. The van der Waals surface area contributed by atoms with Gasteiger partial charge in [0.25, 0.3) is 0 Å². The standard InChI is InChI=1S/C4H5NO2/c1-6-4-5-2-3-7-4/h2H2,1H3. The molecular formula is C4H5NO2. The SMILES string of the molecule is COC1=NC[C]O1. The quantitative estimate of drug-likeness (QED) is 0.430. The van der Waals surface area contributed by atoms with Crippen LogP contribution in [0.4, 0.5) is 0 Å². The van der Waals surface area contributed by atoms with Gasteiger partial charge in [0.15, 0.2) is 0 Å². The lowest BCUT2D eigenvalue weighted by Crippen LogP contribution is -1.97. The van der Waals surface area contributed by atoms with Crippen molar-refractivity contribution in [1.29, 1.82) is 0 Å². The fraction of sp³-hybridized carbons (Fsp3) is 0.500. The molecule has 0 spiro atoms. The molecule has 0 amide bonds. The summed E-state index contributed by atoms with van der Waals surface area (Å²) in [5, 5.41) is 0. The zero-order chi connectivity index (χ0) is 5.11. The summed E-state index contributed by atoms with van der Waals surface area (Å²) in [6.07, 6.45) is 0.306. The van der Waals surface area contributed by atoms with E-state index in [-0.39, 0.29) is 0 Å². The van der Waals surface area contributed by atoms with Crippen LogP contribution in [0.2, 0.25) is 0 Å². The largest absolute Gasteiger partial charge is 0.454 e. The number of hydrogen-bond donors (Lipinski definition) is 0. The fourth-order valence-electron chi connectivity index (χ4n) is 0.329. The summed E-state index contributed by atoms with van der Waals surface area (Å²) < 4.78 is 9.16. The molecule has 0 N–H and O–H groups in total. The normalized spacial score (nSPS) is 18.1. The molecular weight excluding hydrogens is 94.0 g/mol. The average molecular weight is 99.1 g/mol. The van der Waals surface area contributed by atoms with E-state index in [1.54, 1.807) is 0 Å². The number of nitrogens with zero attached hydrogens (tertiary/aromatic N) is 1. The van der Waals surface area contributed by atoms with Crippen LogP contribution in [0.25, 0.3) is 0 Å². The van der Waals surface area contributed by atoms with Gasteiger partial charge < -0.3 is 9.47 Å². The van der Waals surface area contributed by atoms with Crippen molar-refractivity contribution in [2.75, 3.05) is 13.7 Å². The molecule has 1 aliphatic rings. The number of aliphatic imine (C=N–C) groups is 1. The minimum atomic E-state index is 0.306. The first-order valence-corrected chi connectivity index (χ1v) is 1.91. The molecule has 0 bridgehead atoms. The lowest BCUT2D eigenvalue weighted by atomic mass is 10.8. The lowest BCUT2D eigenvalue weighted by Gasteiger charge is -1.92. The third-order valence-electron chi connectivity index (χ3n) is 0.607. The number of ether oxygens (including phenoxy) is 2. The Hall–Kier alpha value is -0.730. The van der Waals surface area contributed by atoms with E-state index in [0.717, 1.165) is 0 Å². The third-order valence-corrected chi connectivity index (χ3v) is 0.607. The molecule has 1 heterocycles. The van der Waals surface area contributed by atoms with Gasteiger partial charge in [-0.1, -0.05) is 0 Å². The van der Waals surface area contributed by atoms with Crippen molar-refractivity contribution in [3.8, 4) is 0 Å². The fourth-order valence-corrected chi connectivity index (χ4v) is 0.329. The average Bonchev–Trinajstić information content (AvgIpc) is 2.14. The van der Waals surface area contributed by atoms with Crippen LogP contribution in [0.5, 0.6) is 0 Å². The molecule has 38 valence electrons. The van der Waals surface area contributed by atoms with E-state index in [9.17, 15) is 0 Å². The minimum absolute atomic E-state index is 0.306. The molecule has 2 radical (unpaired) electrons. The molecule has 1 rings (SSSR count). The van der Waals surface area contributed by atoms with Gasteiger partial charge >= 0.3 is 6.08 Å². The van der Waals surface area contributed by atoms with Gasteiger partial charge in [-0.3, -0.25) is 0 Å². The van der Waals surface area contributed by atoms with Gasteiger partial charge in [0.2, 0.25) is 6.61 Å². The summed E-state index contributed by atoms with van der Waals surface area (Å²) in [5.74, 6) is 0. The first-order chi connectivity index (χ1) is 3.43. The van der Waals surface area contributed by atoms with Crippen molar-refractivity contribution >= 4 is 6.08 Å². The topological polar surface area (TPSA) is 30.8 Å². The smallest absolute Gasteiger partial charge is 0.384 e. The molecule has 0 aromatic rings. The molecule has 3 nitrogen and oxygen atoms in total. The summed E-state index contributed by atoms with van der Waals surface area (Å²) >= 11 is 0. The van der Waals surface area contributed by atoms with Crippen LogP contribution >= 0.6 is 0 Å². The second-order valence-corrected chi connectivity index (χ2v) is 1.03. The van der Waals surface area contributed by atoms with Gasteiger partial charge in [0.05, 0.1) is 13.7 Å². The van der Waals surface area contributed by atoms with E-state index in [1.807, 2.05) is 0 Å². The second-order valence-electron chi connectivity index (χ2n) is 1.03. The van der Waals surface area contributed by atoms with Crippen LogP contribution in [0, 0.1) is 6.61 Å². The van der Waals surface area contributed by atoms with E-state index < -0.39 is 0 Å². The first-order valence-electron chi connectivity index (χ1n) is 1.91. The Bertz CT molecular complexity index is 89.7. The van der Waals surface area contributed by atoms with Crippen molar-refractivity contribution < 1.29 is 9.47 Å². The molecule has 0 aliphatic carbocycles. The highest BCUT2D eigenvalue weighted by molar-refractivity contribution is 5.68.